The Bertz CT molecular complexity index is 1070. The maximum absolute atomic E-state index is 9.92. The molecular formula is C21H18N2O4S. The number of nitriles is 1. The van der Waals surface area contributed by atoms with Crippen molar-refractivity contribution in [2.75, 3.05) is 21.3 Å². The molecule has 3 rings (SSSR count). The van der Waals surface area contributed by atoms with Gasteiger partial charge in [0, 0.05) is 10.9 Å². The van der Waals surface area contributed by atoms with Crippen molar-refractivity contribution < 1.29 is 19.3 Å². The third kappa shape index (κ3) is 3.92. The van der Waals surface area contributed by atoms with E-state index in [9.17, 15) is 10.4 Å². The van der Waals surface area contributed by atoms with E-state index in [1.807, 2.05) is 23.6 Å². The van der Waals surface area contributed by atoms with Gasteiger partial charge in [0.05, 0.1) is 32.6 Å². The summed E-state index contributed by atoms with van der Waals surface area (Å²) in [5, 5.41) is 22.0. The van der Waals surface area contributed by atoms with E-state index >= 15 is 0 Å². The van der Waals surface area contributed by atoms with Gasteiger partial charge in [0.25, 0.3) is 0 Å². The number of hydrogen-bond donors (Lipinski definition) is 1. The lowest BCUT2D eigenvalue weighted by Crippen LogP contribution is -1.91. The van der Waals surface area contributed by atoms with Crippen LogP contribution in [0.15, 0.2) is 41.8 Å². The number of allylic oxidation sites excluding steroid dienone is 1. The fraction of sp³-hybridized carbons (Fsp3) is 0.143. The Morgan fingerprint density at radius 3 is 2.39 bits per heavy atom. The second kappa shape index (κ2) is 8.46. The molecule has 0 saturated carbocycles. The van der Waals surface area contributed by atoms with E-state index in [1.54, 1.807) is 38.5 Å². The monoisotopic (exact) mass is 394 g/mol. The van der Waals surface area contributed by atoms with Crippen LogP contribution in [0.25, 0.3) is 22.9 Å². The standard InChI is InChI=1S/C21H18N2O4S/c1-25-18-6-4-13(9-17(18)24)8-15(11-22)21-23-16(12-28-21)14-5-7-19(26-2)20(10-14)27-3/h4-10,12,24H,1-3H3/b15-8-. The van der Waals surface area contributed by atoms with E-state index in [-0.39, 0.29) is 5.75 Å². The van der Waals surface area contributed by atoms with Gasteiger partial charge in [0.2, 0.25) is 0 Å². The zero-order valence-corrected chi connectivity index (χ0v) is 16.4. The average Bonchev–Trinajstić information content (AvgIpc) is 3.21. The molecule has 0 spiro atoms. The van der Waals surface area contributed by atoms with Crippen molar-refractivity contribution in [3.8, 4) is 40.3 Å². The molecule has 1 aromatic heterocycles. The van der Waals surface area contributed by atoms with Crippen LogP contribution in [-0.2, 0) is 0 Å². The molecule has 0 amide bonds. The van der Waals surface area contributed by atoms with Crippen LogP contribution in [0.3, 0.4) is 0 Å². The molecule has 0 bridgehead atoms. The summed E-state index contributed by atoms with van der Waals surface area (Å²) < 4.78 is 15.6. The molecular weight excluding hydrogens is 376 g/mol. The van der Waals surface area contributed by atoms with Crippen molar-refractivity contribution in [2.24, 2.45) is 0 Å². The van der Waals surface area contributed by atoms with E-state index in [0.717, 1.165) is 11.3 Å². The third-order valence-corrected chi connectivity index (χ3v) is 4.92. The van der Waals surface area contributed by atoms with Gasteiger partial charge in [-0.2, -0.15) is 5.26 Å². The lowest BCUT2D eigenvalue weighted by molar-refractivity contribution is 0.355. The third-order valence-electron chi connectivity index (χ3n) is 4.05. The molecule has 28 heavy (non-hydrogen) atoms. The number of aromatic hydroxyl groups is 1. The Kier molecular flexibility index (Phi) is 5.82. The van der Waals surface area contributed by atoms with Gasteiger partial charge < -0.3 is 19.3 Å². The van der Waals surface area contributed by atoms with E-state index < -0.39 is 0 Å². The molecule has 0 fully saturated rings. The summed E-state index contributed by atoms with van der Waals surface area (Å²) in [6.07, 6.45) is 1.68. The molecule has 0 saturated heterocycles. The number of nitrogens with zero attached hydrogens (tertiary/aromatic N) is 2. The lowest BCUT2D eigenvalue weighted by atomic mass is 10.1. The van der Waals surface area contributed by atoms with Crippen molar-refractivity contribution in [3.63, 3.8) is 0 Å². The van der Waals surface area contributed by atoms with E-state index in [0.29, 0.717) is 33.4 Å². The fourth-order valence-electron chi connectivity index (χ4n) is 2.63. The smallest absolute Gasteiger partial charge is 0.161 e. The van der Waals surface area contributed by atoms with Gasteiger partial charge in [-0.1, -0.05) is 6.07 Å². The number of phenolic OH excluding ortho intramolecular Hbond substituents is 1. The number of aromatic nitrogens is 1. The van der Waals surface area contributed by atoms with Crippen LogP contribution in [-0.4, -0.2) is 31.4 Å². The Morgan fingerprint density at radius 2 is 1.75 bits per heavy atom. The van der Waals surface area contributed by atoms with Crippen LogP contribution < -0.4 is 14.2 Å². The first-order valence-electron chi connectivity index (χ1n) is 8.26. The maximum Gasteiger partial charge on any atom is 0.161 e. The number of thiazole rings is 1. The zero-order chi connectivity index (χ0) is 20.1. The second-order valence-electron chi connectivity index (χ2n) is 5.71. The zero-order valence-electron chi connectivity index (χ0n) is 15.6. The molecule has 0 aliphatic rings. The number of phenols is 1. The lowest BCUT2D eigenvalue weighted by Gasteiger charge is -2.08. The number of methoxy groups -OCH3 is 3. The first-order valence-corrected chi connectivity index (χ1v) is 9.14. The minimum atomic E-state index is 0.0127. The molecule has 0 aliphatic carbocycles. The number of hydrogen-bond acceptors (Lipinski definition) is 7. The molecule has 0 atom stereocenters. The highest BCUT2D eigenvalue weighted by Crippen LogP contribution is 2.34. The van der Waals surface area contributed by atoms with Crippen LogP contribution in [0.2, 0.25) is 0 Å². The predicted octanol–water partition coefficient (Wildman–Crippen LogP) is 4.61. The van der Waals surface area contributed by atoms with E-state index in [4.69, 9.17) is 14.2 Å². The molecule has 142 valence electrons. The first-order chi connectivity index (χ1) is 13.6. The molecule has 6 nitrogen and oxygen atoms in total. The summed E-state index contributed by atoms with van der Waals surface area (Å²) in [6.45, 7) is 0. The van der Waals surface area contributed by atoms with Gasteiger partial charge in [-0.15, -0.1) is 11.3 Å². The Morgan fingerprint density at radius 1 is 1.04 bits per heavy atom. The van der Waals surface area contributed by atoms with Crippen molar-refractivity contribution in [1.82, 2.24) is 4.98 Å². The van der Waals surface area contributed by atoms with Gasteiger partial charge in [0.1, 0.15) is 11.1 Å². The van der Waals surface area contributed by atoms with Crippen LogP contribution in [0.1, 0.15) is 10.6 Å². The van der Waals surface area contributed by atoms with Crippen LogP contribution in [0.4, 0.5) is 0 Å². The summed E-state index contributed by atoms with van der Waals surface area (Å²) in [6, 6.07) is 12.7. The van der Waals surface area contributed by atoms with Crippen molar-refractivity contribution in [2.45, 2.75) is 0 Å². The van der Waals surface area contributed by atoms with Gasteiger partial charge in [-0.05, 0) is 42.0 Å². The molecule has 1 N–H and O–H groups in total. The van der Waals surface area contributed by atoms with Gasteiger partial charge >= 0.3 is 0 Å². The highest BCUT2D eigenvalue weighted by atomic mass is 32.1. The van der Waals surface area contributed by atoms with Gasteiger partial charge in [-0.3, -0.25) is 0 Å². The average molecular weight is 394 g/mol. The summed E-state index contributed by atoms with van der Waals surface area (Å²) in [5.74, 6) is 1.64. The predicted molar refractivity (Wildman–Crippen MR) is 109 cm³/mol. The second-order valence-corrected chi connectivity index (χ2v) is 6.57. The minimum Gasteiger partial charge on any atom is -0.504 e. The summed E-state index contributed by atoms with van der Waals surface area (Å²) >= 11 is 1.37. The van der Waals surface area contributed by atoms with Crippen LogP contribution >= 0.6 is 11.3 Å². The van der Waals surface area contributed by atoms with Gasteiger partial charge in [0.15, 0.2) is 23.0 Å². The summed E-state index contributed by atoms with van der Waals surface area (Å²) in [5.41, 5.74) is 2.68. The van der Waals surface area contributed by atoms with Crippen LogP contribution in [0.5, 0.6) is 23.0 Å². The SMILES string of the molecule is COc1ccc(/C=C(/C#N)c2nc(-c3ccc(OC)c(OC)c3)cs2)cc1O. The van der Waals surface area contributed by atoms with Crippen molar-refractivity contribution in [1.29, 1.82) is 5.26 Å². The summed E-state index contributed by atoms with van der Waals surface area (Å²) in [7, 11) is 4.64. The highest BCUT2D eigenvalue weighted by molar-refractivity contribution is 7.11. The maximum atomic E-state index is 9.92. The normalized spacial score (nSPS) is 11.0. The topological polar surface area (TPSA) is 84.6 Å². The highest BCUT2D eigenvalue weighted by Gasteiger charge is 2.12. The molecule has 0 aliphatic heterocycles. The molecule has 0 radical (unpaired) electrons. The van der Waals surface area contributed by atoms with Crippen molar-refractivity contribution >= 4 is 23.0 Å². The van der Waals surface area contributed by atoms with Crippen LogP contribution in [0, 0.1) is 11.3 Å². The molecule has 1 heterocycles. The molecule has 2 aromatic carbocycles. The number of rotatable bonds is 6. The first kappa shape index (κ1) is 19.3. The molecule has 0 unspecified atom stereocenters. The quantitative estimate of drug-likeness (QED) is 0.615. The van der Waals surface area contributed by atoms with E-state index in [2.05, 4.69) is 11.1 Å². The number of benzene rings is 2. The summed E-state index contributed by atoms with van der Waals surface area (Å²) in [4.78, 5) is 4.58. The number of ether oxygens (including phenoxy) is 3. The molecule has 3 aromatic rings. The Labute approximate surface area is 166 Å². The largest absolute Gasteiger partial charge is 0.504 e. The van der Waals surface area contributed by atoms with Gasteiger partial charge in [-0.25, -0.2) is 4.98 Å². The van der Waals surface area contributed by atoms with Crippen molar-refractivity contribution in [3.05, 3.63) is 52.3 Å². The van der Waals surface area contributed by atoms with E-state index in [1.165, 1.54) is 18.4 Å². The molecule has 7 heteroatoms. The Balaban J connectivity index is 1.93. The Hall–Kier alpha value is -3.50. The minimum absolute atomic E-state index is 0.0127. The fourth-order valence-corrected chi connectivity index (χ4v) is 3.43.